The van der Waals surface area contributed by atoms with Gasteiger partial charge in [0.2, 0.25) is 0 Å². The van der Waals surface area contributed by atoms with Crippen LogP contribution in [-0.2, 0) is 0 Å². The average molecular weight is 222 g/mol. The van der Waals surface area contributed by atoms with Gasteiger partial charge in [0.25, 0.3) is 0 Å². The standard InChI is InChI=1S/C13H22N2O/c1-9(2)16-11-7-5-10(6-8-11)12(14)13(3,4)15/h5-9,12H,14-15H2,1-4H3. The van der Waals surface area contributed by atoms with E-state index in [4.69, 9.17) is 16.2 Å². The summed E-state index contributed by atoms with van der Waals surface area (Å²) < 4.78 is 5.56. The maximum absolute atomic E-state index is 6.06. The summed E-state index contributed by atoms with van der Waals surface area (Å²) in [4.78, 5) is 0. The van der Waals surface area contributed by atoms with Gasteiger partial charge in [0.05, 0.1) is 6.10 Å². The molecule has 1 aromatic rings. The van der Waals surface area contributed by atoms with Crippen LogP contribution in [0.15, 0.2) is 24.3 Å². The monoisotopic (exact) mass is 222 g/mol. The van der Waals surface area contributed by atoms with E-state index >= 15 is 0 Å². The van der Waals surface area contributed by atoms with E-state index < -0.39 is 5.54 Å². The van der Waals surface area contributed by atoms with E-state index in [1.54, 1.807) is 0 Å². The molecule has 4 N–H and O–H groups in total. The summed E-state index contributed by atoms with van der Waals surface area (Å²) in [6, 6.07) is 7.64. The van der Waals surface area contributed by atoms with Gasteiger partial charge in [0.15, 0.2) is 0 Å². The largest absolute Gasteiger partial charge is 0.491 e. The first-order valence-corrected chi connectivity index (χ1v) is 5.62. The van der Waals surface area contributed by atoms with Crippen LogP contribution in [0.25, 0.3) is 0 Å². The predicted molar refractivity (Wildman–Crippen MR) is 67.4 cm³/mol. The van der Waals surface area contributed by atoms with Crippen molar-refractivity contribution < 1.29 is 4.74 Å². The molecular formula is C13H22N2O. The van der Waals surface area contributed by atoms with Gasteiger partial charge in [-0.05, 0) is 45.4 Å². The second-order valence-electron chi connectivity index (χ2n) is 5.03. The second kappa shape index (κ2) is 4.85. The summed E-state index contributed by atoms with van der Waals surface area (Å²) in [6.45, 7) is 7.86. The SMILES string of the molecule is CC(C)Oc1ccc(C(N)C(C)(C)N)cc1. The number of nitrogens with two attached hydrogens (primary N) is 2. The Hall–Kier alpha value is -1.06. The van der Waals surface area contributed by atoms with Crippen LogP contribution in [0.2, 0.25) is 0 Å². The van der Waals surface area contributed by atoms with E-state index in [-0.39, 0.29) is 12.1 Å². The van der Waals surface area contributed by atoms with Crippen molar-refractivity contribution in [3.05, 3.63) is 29.8 Å². The van der Waals surface area contributed by atoms with Crippen molar-refractivity contribution in [2.75, 3.05) is 0 Å². The highest BCUT2D eigenvalue weighted by atomic mass is 16.5. The molecule has 3 nitrogen and oxygen atoms in total. The Balaban J connectivity index is 2.79. The third kappa shape index (κ3) is 3.51. The molecule has 0 aliphatic carbocycles. The van der Waals surface area contributed by atoms with Crippen molar-refractivity contribution in [1.29, 1.82) is 0 Å². The minimum Gasteiger partial charge on any atom is -0.491 e. The molecule has 0 heterocycles. The fourth-order valence-corrected chi connectivity index (χ4v) is 1.46. The molecule has 1 rings (SSSR count). The van der Waals surface area contributed by atoms with E-state index in [1.807, 2.05) is 52.0 Å². The Morgan fingerprint density at radius 1 is 1.12 bits per heavy atom. The lowest BCUT2D eigenvalue weighted by Crippen LogP contribution is -2.43. The third-order valence-corrected chi connectivity index (χ3v) is 2.41. The van der Waals surface area contributed by atoms with Gasteiger partial charge in [-0.15, -0.1) is 0 Å². The molecule has 0 aliphatic rings. The Bertz CT molecular complexity index is 325. The molecule has 90 valence electrons. The summed E-state index contributed by atoms with van der Waals surface area (Å²) >= 11 is 0. The Kier molecular flexibility index (Phi) is 3.94. The molecule has 3 heteroatoms. The lowest BCUT2D eigenvalue weighted by Gasteiger charge is -2.27. The van der Waals surface area contributed by atoms with Crippen LogP contribution < -0.4 is 16.2 Å². The first kappa shape index (κ1) is 13.0. The molecule has 1 aromatic carbocycles. The number of rotatable bonds is 4. The molecule has 0 spiro atoms. The number of hydrogen-bond donors (Lipinski definition) is 2. The van der Waals surface area contributed by atoms with E-state index in [0.29, 0.717) is 0 Å². The topological polar surface area (TPSA) is 61.3 Å². The Morgan fingerprint density at radius 2 is 1.62 bits per heavy atom. The maximum atomic E-state index is 6.06. The summed E-state index contributed by atoms with van der Waals surface area (Å²) in [7, 11) is 0. The van der Waals surface area contributed by atoms with Crippen LogP contribution in [0.4, 0.5) is 0 Å². The Morgan fingerprint density at radius 3 is 2.00 bits per heavy atom. The van der Waals surface area contributed by atoms with Gasteiger partial charge in [0.1, 0.15) is 5.75 Å². The van der Waals surface area contributed by atoms with Crippen molar-refractivity contribution in [2.24, 2.45) is 11.5 Å². The predicted octanol–water partition coefficient (Wildman–Crippen LogP) is 2.21. The lowest BCUT2D eigenvalue weighted by atomic mass is 9.90. The van der Waals surface area contributed by atoms with Crippen LogP contribution in [-0.4, -0.2) is 11.6 Å². The van der Waals surface area contributed by atoms with Gasteiger partial charge in [-0.25, -0.2) is 0 Å². The van der Waals surface area contributed by atoms with Gasteiger partial charge in [-0.2, -0.15) is 0 Å². The van der Waals surface area contributed by atoms with E-state index in [0.717, 1.165) is 11.3 Å². The molecular weight excluding hydrogens is 200 g/mol. The van der Waals surface area contributed by atoms with E-state index in [1.165, 1.54) is 0 Å². The molecule has 1 unspecified atom stereocenters. The third-order valence-electron chi connectivity index (χ3n) is 2.41. The zero-order valence-electron chi connectivity index (χ0n) is 10.5. The van der Waals surface area contributed by atoms with Crippen molar-refractivity contribution in [3.8, 4) is 5.75 Å². The maximum Gasteiger partial charge on any atom is 0.119 e. The summed E-state index contributed by atoms with van der Waals surface area (Å²) in [5.41, 5.74) is 12.6. The van der Waals surface area contributed by atoms with Crippen LogP contribution in [0.3, 0.4) is 0 Å². The van der Waals surface area contributed by atoms with Crippen LogP contribution >= 0.6 is 0 Å². The fraction of sp³-hybridized carbons (Fsp3) is 0.538. The molecule has 0 saturated heterocycles. The van der Waals surface area contributed by atoms with Crippen molar-refractivity contribution in [3.63, 3.8) is 0 Å². The van der Waals surface area contributed by atoms with Crippen molar-refractivity contribution >= 4 is 0 Å². The van der Waals surface area contributed by atoms with Crippen molar-refractivity contribution in [2.45, 2.75) is 45.4 Å². The van der Waals surface area contributed by atoms with Crippen LogP contribution in [0.5, 0.6) is 5.75 Å². The highest BCUT2D eigenvalue weighted by Gasteiger charge is 2.22. The summed E-state index contributed by atoms with van der Waals surface area (Å²) in [6.07, 6.45) is 0.186. The molecule has 0 amide bonds. The Labute approximate surface area is 97.8 Å². The fourth-order valence-electron chi connectivity index (χ4n) is 1.46. The molecule has 16 heavy (non-hydrogen) atoms. The zero-order valence-corrected chi connectivity index (χ0v) is 10.5. The first-order chi connectivity index (χ1) is 7.30. The molecule has 0 aromatic heterocycles. The highest BCUT2D eigenvalue weighted by Crippen LogP contribution is 2.23. The molecule has 1 atom stereocenters. The molecule has 0 aliphatic heterocycles. The number of ether oxygens (including phenoxy) is 1. The molecule has 0 saturated carbocycles. The average Bonchev–Trinajstić information content (AvgIpc) is 2.15. The smallest absolute Gasteiger partial charge is 0.119 e. The normalized spacial score (nSPS) is 13.9. The van der Waals surface area contributed by atoms with Crippen LogP contribution in [0, 0.1) is 0 Å². The quantitative estimate of drug-likeness (QED) is 0.821. The van der Waals surface area contributed by atoms with Gasteiger partial charge in [-0.3, -0.25) is 0 Å². The van der Waals surface area contributed by atoms with Gasteiger partial charge >= 0.3 is 0 Å². The molecule has 0 bridgehead atoms. The number of benzene rings is 1. The van der Waals surface area contributed by atoms with Gasteiger partial charge in [0, 0.05) is 11.6 Å². The minimum absolute atomic E-state index is 0.166. The highest BCUT2D eigenvalue weighted by molar-refractivity contribution is 5.30. The lowest BCUT2D eigenvalue weighted by molar-refractivity contribution is 0.242. The van der Waals surface area contributed by atoms with Crippen molar-refractivity contribution in [1.82, 2.24) is 0 Å². The van der Waals surface area contributed by atoms with Crippen LogP contribution in [0.1, 0.15) is 39.3 Å². The number of hydrogen-bond acceptors (Lipinski definition) is 3. The molecule has 0 radical (unpaired) electrons. The van der Waals surface area contributed by atoms with Gasteiger partial charge in [-0.1, -0.05) is 12.1 Å². The minimum atomic E-state index is -0.416. The van der Waals surface area contributed by atoms with E-state index in [2.05, 4.69) is 0 Å². The van der Waals surface area contributed by atoms with E-state index in [9.17, 15) is 0 Å². The molecule has 0 fully saturated rings. The first-order valence-electron chi connectivity index (χ1n) is 5.62. The summed E-state index contributed by atoms with van der Waals surface area (Å²) in [5, 5.41) is 0. The zero-order chi connectivity index (χ0) is 12.3. The second-order valence-corrected chi connectivity index (χ2v) is 5.03. The van der Waals surface area contributed by atoms with Gasteiger partial charge < -0.3 is 16.2 Å². The summed E-state index contributed by atoms with van der Waals surface area (Å²) in [5.74, 6) is 0.862.